The molecular formula is C17H16ClFN2O4. The van der Waals surface area contributed by atoms with Crippen LogP contribution in [-0.4, -0.2) is 26.0 Å². The zero-order valence-corrected chi connectivity index (χ0v) is 14.3. The third kappa shape index (κ3) is 4.84. The highest BCUT2D eigenvalue weighted by Crippen LogP contribution is 2.35. The second kappa shape index (κ2) is 8.34. The van der Waals surface area contributed by atoms with E-state index in [2.05, 4.69) is 10.9 Å². The van der Waals surface area contributed by atoms with E-state index in [1.165, 1.54) is 50.6 Å². The molecule has 2 aromatic carbocycles. The predicted molar refractivity (Wildman–Crippen MR) is 90.3 cm³/mol. The van der Waals surface area contributed by atoms with Crippen molar-refractivity contribution in [1.29, 1.82) is 0 Å². The highest BCUT2D eigenvalue weighted by atomic mass is 35.5. The van der Waals surface area contributed by atoms with Crippen molar-refractivity contribution < 1.29 is 23.5 Å². The van der Waals surface area contributed by atoms with E-state index in [-0.39, 0.29) is 28.6 Å². The molecular weight excluding hydrogens is 351 g/mol. The summed E-state index contributed by atoms with van der Waals surface area (Å²) in [6, 6.07) is 8.33. The Bertz CT molecular complexity index is 781. The number of halogens is 2. The largest absolute Gasteiger partial charge is 0.493 e. The first-order chi connectivity index (χ1) is 11.9. The van der Waals surface area contributed by atoms with E-state index in [1.807, 2.05) is 0 Å². The minimum Gasteiger partial charge on any atom is -0.493 e. The minimum atomic E-state index is -0.574. The molecule has 0 unspecified atom stereocenters. The second-order valence-corrected chi connectivity index (χ2v) is 5.41. The van der Waals surface area contributed by atoms with E-state index in [4.69, 9.17) is 21.1 Å². The van der Waals surface area contributed by atoms with Gasteiger partial charge >= 0.3 is 0 Å². The maximum absolute atomic E-state index is 12.8. The fourth-order valence-electron chi connectivity index (χ4n) is 2.08. The van der Waals surface area contributed by atoms with Crippen molar-refractivity contribution in [2.75, 3.05) is 14.2 Å². The fourth-order valence-corrected chi connectivity index (χ4v) is 2.37. The summed E-state index contributed by atoms with van der Waals surface area (Å²) in [5.41, 5.74) is 5.36. The number of ether oxygens (including phenoxy) is 2. The molecule has 2 N–H and O–H groups in total. The van der Waals surface area contributed by atoms with Crippen LogP contribution in [0.2, 0.25) is 5.02 Å². The van der Waals surface area contributed by atoms with Crippen molar-refractivity contribution in [2.24, 2.45) is 0 Å². The summed E-state index contributed by atoms with van der Waals surface area (Å²) in [5, 5.41) is 0.199. The second-order valence-electron chi connectivity index (χ2n) is 5.00. The van der Waals surface area contributed by atoms with E-state index in [0.29, 0.717) is 11.3 Å². The molecule has 0 atom stereocenters. The lowest BCUT2D eigenvalue weighted by molar-refractivity contribution is -0.121. The Morgan fingerprint density at radius 3 is 2.36 bits per heavy atom. The summed E-state index contributed by atoms with van der Waals surface area (Å²) < 4.78 is 23.0. The Morgan fingerprint density at radius 1 is 1.08 bits per heavy atom. The van der Waals surface area contributed by atoms with Crippen LogP contribution in [0.1, 0.15) is 15.9 Å². The van der Waals surface area contributed by atoms with Crippen molar-refractivity contribution in [1.82, 2.24) is 10.9 Å². The summed E-state index contributed by atoms with van der Waals surface area (Å²) in [4.78, 5) is 24.0. The third-order valence-corrected chi connectivity index (χ3v) is 3.57. The van der Waals surface area contributed by atoms with Gasteiger partial charge in [-0.2, -0.15) is 0 Å². The molecule has 6 nitrogen and oxygen atoms in total. The molecule has 0 aliphatic carbocycles. The summed E-state index contributed by atoms with van der Waals surface area (Å²) in [6.07, 6.45) is -0.00670. The van der Waals surface area contributed by atoms with E-state index >= 15 is 0 Å². The van der Waals surface area contributed by atoms with Gasteiger partial charge in [0.05, 0.1) is 25.7 Å². The van der Waals surface area contributed by atoms with Crippen molar-refractivity contribution in [2.45, 2.75) is 6.42 Å². The molecule has 2 rings (SSSR count). The average molecular weight is 367 g/mol. The Balaban J connectivity index is 1.99. The fraction of sp³-hybridized carbons (Fsp3) is 0.176. The number of methoxy groups -OCH3 is 2. The first-order valence-corrected chi connectivity index (χ1v) is 7.57. The van der Waals surface area contributed by atoms with Crippen molar-refractivity contribution >= 4 is 23.4 Å². The Morgan fingerprint density at radius 2 is 1.76 bits per heavy atom. The molecule has 0 fully saturated rings. The molecule has 0 radical (unpaired) electrons. The summed E-state index contributed by atoms with van der Waals surface area (Å²) in [7, 11) is 2.85. The lowest BCUT2D eigenvalue weighted by Gasteiger charge is -2.12. The van der Waals surface area contributed by atoms with Gasteiger partial charge in [-0.3, -0.25) is 20.4 Å². The Labute approximate surface area is 148 Å². The number of hydrogen-bond donors (Lipinski definition) is 2. The highest BCUT2D eigenvalue weighted by Gasteiger charge is 2.15. The molecule has 8 heteroatoms. The molecule has 0 spiro atoms. The zero-order chi connectivity index (χ0) is 18.4. The molecule has 132 valence electrons. The molecule has 0 aliphatic rings. The number of carbonyl (C=O) groups is 2. The molecule has 0 bridgehead atoms. The lowest BCUT2D eigenvalue weighted by atomic mass is 10.1. The Hall–Kier alpha value is -2.80. The monoisotopic (exact) mass is 366 g/mol. The molecule has 2 aromatic rings. The van der Waals surface area contributed by atoms with Crippen molar-refractivity contribution in [3.8, 4) is 11.5 Å². The third-order valence-electron chi connectivity index (χ3n) is 3.29. The van der Waals surface area contributed by atoms with Crippen LogP contribution in [0.3, 0.4) is 0 Å². The van der Waals surface area contributed by atoms with Crippen LogP contribution in [0, 0.1) is 5.82 Å². The van der Waals surface area contributed by atoms with Crippen LogP contribution in [0.15, 0.2) is 36.4 Å². The van der Waals surface area contributed by atoms with Gasteiger partial charge in [0.1, 0.15) is 5.82 Å². The molecule has 0 heterocycles. The number of rotatable bonds is 5. The maximum Gasteiger partial charge on any atom is 0.269 e. The van der Waals surface area contributed by atoms with E-state index < -0.39 is 11.8 Å². The topological polar surface area (TPSA) is 76.7 Å². The molecule has 0 aliphatic heterocycles. The minimum absolute atomic E-state index is 0.00670. The molecule has 0 saturated carbocycles. The number of hydrogen-bond acceptors (Lipinski definition) is 4. The molecule has 0 saturated heterocycles. The molecule has 25 heavy (non-hydrogen) atoms. The van der Waals surface area contributed by atoms with Gasteiger partial charge in [0.2, 0.25) is 5.91 Å². The Kier molecular flexibility index (Phi) is 6.19. The van der Waals surface area contributed by atoms with Gasteiger partial charge in [0, 0.05) is 5.56 Å². The van der Waals surface area contributed by atoms with Gasteiger partial charge in [-0.15, -0.1) is 0 Å². The van der Waals surface area contributed by atoms with Crippen molar-refractivity contribution in [3.63, 3.8) is 0 Å². The lowest BCUT2D eigenvalue weighted by Crippen LogP contribution is -2.42. The van der Waals surface area contributed by atoms with Crippen LogP contribution in [0.5, 0.6) is 11.5 Å². The number of benzene rings is 2. The first kappa shape index (κ1) is 18.5. The van der Waals surface area contributed by atoms with Crippen LogP contribution in [0.25, 0.3) is 0 Å². The van der Waals surface area contributed by atoms with Crippen LogP contribution < -0.4 is 20.3 Å². The van der Waals surface area contributed by atoms with Gasteiger partial charge in [0.15, 0.2) is 11.5 Å². The van der Waals surface area contributed by atoms with E-state index in [1.54, 1.807) is 0 Å². The number of carbonyl (C=O) groups excluding carboxylic acids is 2. The normalized spacial score (nSPS) is 10.1. The van der Waals surface area contributed by atoms with Crippen LogP contribution >= 0.6 is 11.6 Å². The smallest absolute Gasteiger partial charge is 0.269 e. The average Bonchev–Trinajstić information content (AvgIpc) is 2.60. The van der Waals surface area contributed by atoms with Crippen LogP contribution in [-0.2, 0) is 11.2 Å². The predicted octanol–water partition coefficient (Wildman–Crippen LogP) is 2.50. The SMILES string of the molecule is COc1cc(C(=O)NNC(=O)Cc2ccc(F)cc2)cc(Cl)c1OC. The van der Waals surface area contributed by atoms with Crippen LogP contribution in [0.4, 0.5) is 4.39 Å². The molecule has 2 amide bonds. The number of hydrazine groups is 1. The van der Waals surface area contributed by atoms with Gasteiger partial charge < -0.3 is 9.47 Å². The van der Waals surface area contributed by atoms with Gasteiger partial charge in [-0.05, 0) is 29.8 Å². The van der Waals surface area contributed by atoms with Crippen molar-refractivity contribution in [3.05, 3.63) is 58.4 Å². The zero-order valence-electron chi connectivity index (χ0n) is 13.6. The standard InChI is InChI=1S/C17H16ClFN2O4/c1-24-14-9-11(8-13(18)16(14)25-2)17(23)21-20-15(22)7-10-3-5-12(19)6-4-10/h3-6,8-9H,7H2,1-2H3,(H,20,22)(H,21,23). The number of amides is 2. The molecule has 0 aromatic heterocycles. The van der Waals surface area contributed by atoms with E-state index in [0.717, 1.165) is 0 Å². The number of nitrogens with one attached hydrogen (secondary N) is 2. The quantitative estimate of drug-likeness (QED) is 0.797. The highest BCUT2D eigenvalue weighted by molar-refractivity contribution is 6.32. The summed E-state index contributed by atoms with van der Waals surface area (Å²) in [6.45, 7) is 0. The first-order valence-electron chi connectivity index (χ1n) is 7.19. The van der Waals surface area contributed by atoms with Gasteiger partial charge in [0.25, 0.3) is 5.91 Å². The summed E-state index contributed by atoms with van der Waals surface area (Å²) in [5.74, 6) is -0.816. The summed E-state index contributed by atoms with van der Waals surface area (Å²) >= 11 is 6.04. The maximum atomic E-state index is 12.8. The van der Waals surface area contributed by atoms with Gasteiger partial charge in [-0.1, -0.05) is 23.7 Å². The van der Waals surface area contributed by atoms with Gasteiger partial charge in [-0.25, -0.2) is 4.39 Å². The van der Waals surface area contributed by atoms with E-state index in [9.17, 15) is 14.0 Å².